The number of piperidine rings is 1. The number of pyridine rings is 1. The number of nitrogens with zero attached hydrogens (tertiary/aromatic N) is 6. The Morgan fingerprint density at radius 3 is 2.61 bits per heavy atom. The van der Waals surface area contributed by atoms with Crippen LogP contribution in [-0.4, -0.2) is 50.9 Å². The monoisotopic (exact) mass is 636 g/mol. The van der Waals surface area contributed by atoms with Crippen molar-refractivity contribution in [1.29, 1.82) is 0 Å². The Bertz CT molecular complexity index is 1760. The van der Waals surface area contributed by atoms with Gasteiger partial charge in [0.25, 0.3) is 0 Å². The van der Waals surface area contributed by atoms with E-state index >= 15 is 0 Å². The van der Waals surface area contributed by atoms with Crippen molar-refractivity contribution in [1.82, 2.24) is 25.1 Å². The van der Waals surface area contributed by atoms with Crippen LogP contribution in [0, 0.1) is 5.21 Å². The number of hydrogen-bond donors (Lipinski definition) is 0. The Labute approximate surface area is 274 Å². The van der Waals surface area contributed by atoms with Gasteiger partial charge in [-0.05, 0) is 83.0 Å². The van der Waals surface area contributed by atoms with Crippen molar-refractivity contribution >= 4 is 17.7 Å². The summed E-state index contributed by atoms with van der Waals surface area (Å²) in [6.07, 6.45) is 7.19. The first kappa shape index (κ1) is 31.2. The SMILES string of the molecule is CCCCOC(=O)N1CCC(c2cccc([C@H](Cc3ccccc3)c3ccc(-c4cc(Cl)ccc4-n4cnnn4)c[n+]3[O-])c2)CC1. The first-order valence-electron chi connectivity index (χ1n) is 15.8. The van der Waals surface area contributed by atoms with E-state index in [0.717, 1.165) is 52.8 Å². The summed E-state index contributed by atoms with van der Waals surface area (Å²) in [5, 5.41) is 26.0. The topological polar surface area (TPSA) is 100 Å². The van der Waals surface area contributed by atoms with Crippen LogP contribution in [0.2, 0.25) is 5.02 Å². The summed E-state index contributed by atoms with van der Waals surface area (Å²) in [5.41, 5.74) is 6.28. The van der Waals surface area contributed by atoms with E-state index in [1.54, 1.807) is 16.9 Å². The van der Waals surface area contributed by atoms with E-state index < -0.39 is 0 Å². The molecule has 1 fully saturated rings. The largest absolute Gasteiger partial charge is 0.618 e. The molecule has 236 valence electrons. The van der Waals surface area contributed by atoms with Gasteiger partial charge < -0.3 is 14.8 Å². The van der Waals surface area contributed by atoms with Crippen molar-refractivity contribution in [3.8, 4) is 16.8 Å². The van der Waals surface area contributed by atoms with E-state index in [2.05, 4.69) is 58.8 Å². The summed E-state index contributed by atoms with van der Waals surface area (Å²) < 4.78 is 7.97. The molecule has 3 heterocycles. The summed E-state index contributed by atoms with van der Waals surface area (Å²) in [4.78, 5) is 14.3. The van der Waals surface area contributed by atoms with Gasteiger partial charge in [-0.2, -0.15) is 9.41 Å². The molecule has 5 aromatic rings. The molecule has 1 aliphatic heterocycles. The molecule has 2 aromatic heterocycles. The summed E-state index contributed by atoms with van der Waals surface area (Å²) in [7, 11) is 0. The standard InChI is InChI=1S/C36H37ClN6O3/c1-2-3-20-46-36(44)41-18-16-27(17-19-41)28-10-7-11-29(22-28)32(21-26-8-5-4-6-9-26)35-14-12-30(24-43(35)45)33-23-31(37)13-15-34(33)42-25-38-39-40-42/h4-15,22-25,27,32H,2-3,16-21H2,1H3/t32-/m0/s1. The highest BCUT2D eigenvalue weighted by atomic mass is 35.5. The molecule has 0 radical (unpaired) electrons. The van der Waals surface area contributed by atoms with Crippen LogP contribution in [0.1, 0.15) is 66.8 Å². The number of amides is 1. The zero-order valence-corrected chi connectivity index (χ0v) is 26.6. The molecule has 1 aliphatic rings. The lowest BCUT2D eigenvalue weighted by Crippen LogP contribution is -2.38. The molecule has 6 rings (SSSR count). The van der Waals surface area contributed by atoms with E-state index in [4.69, 9.17) is 16.3 Å². The van der Waals surface area contributed by atoms with Gasteiger partial charge in [-0.1, -0.05) is 79.5 Å². The fraction of sp³-hybridized carbons (Fsp3) is 0.306. The minimum atomic E-state index is -0.213. The minimum Gasteiger partial charge on any atom is -0.618 e. The normalized spacial score (nSPS) is 14.3. The first-order chi connectivity index (χ1) is 22.5. The van der Waals surface area contributed by atoms with Crippen LogP contribution in [0.3, 0.4) is 0 Å². The smallest absolute Gasteiger partial charge is 0.409 e. The van der Waals surface area contributed by atoms with Crippen molar-refractivity contribution in [2.45, 2.75) is 50.9 Å². The second-order valence-corrected chi connectivity index (χ2v) is 12.2. The fourth-order valence-electron chi connectivity index (χ4n) is 6.20. The van der Waals surface area contributed by atoms with E-state index in [1.807, 2.05) is 47.4 Å². The van der Waals surface area contributed by atoms with Crippen LogP contribution in [0.25, 0.3) is 16.8 Å². The average molecular weight is 637 g/mol. The Balaban J connectivity index is 1.28. The fourth-order valence-corrected chi connectivity index (χ4v) is 6.37. The lowest BCUT2D eigenvalue weighted by molar-refractivity contribution is -0.614. The van der Waals surface area contributed by atoms with Gasteiger partial charge in [-0.15, -0.1) is 5.10 Å². The highest BCUT2D eigenvalue weighted by Gasteiger charge is 2.28. The minimum absolute atomic E-state index is 0.180. The van der Waals surface area contributed by atoms with Crippen molar-refractivity contribution in [3.63, 3.8) is 0 Å². The van der Waals surface area contributed by atoms with Gasteiger partial charge in [0, 0.05) is 35.3 Å². The Hall–Kier alpha value is -4.76. The number of halogens is 1. The van der Waals surface area contributed by atoms with E-state index in [0.29, 0.717) is 48.3 Å². The van der Waals surface area contributed by atoms with Crippen LogP contribution >= 0.6 is 11.6 Å². The first-order valence-corrected chi connectivity index (χ1v) is 16.2. The summed E-state index contributed by atoms with van der Waals surface area (Å²) in [6, 6.07) is 28.1. The van der Waals surface area contributed by atoms with Gasteiger partial charge in [0.05, 0.1) is 18.2 Å². The van der Waals surface area contributed by atoms with E-state index in [9.17, 15) is 10.0 Å². The quantitative estimate of drug-likeness (QED) is 0.0920. The van der Waals surface area contributed by atoms with Crippen LogP contribution in [-0.2, 0) is 11.2 Å². The molecular formula is C36H37ClN6O3. The molecule has 1 amide bonds. The maximum atomic E-state index is 13.9. The number of likely N-dealkylation sites (tertiary alicyclic amines) is 1. The van der Waals surface area contributed by atoms with Gasteiger partial charge in [0.2, 0.25) is 5.69 Å². The van der Waals surface area contributed by atoms with Crippen molar-refractivity contribution in [3.05, 3.63) is 130 Å². The van der Waals surface area contributed by atoms with E-state index in [-0.39, 0.29) is 12.0 Å². The number of carbonyl (C=O) groups excluding carboxylic acids is 1. The number of ether oxygens (including phenoxy) is 1. The highest BCUT2D eigenvalue weighted by Crippen LogP contribution is 2.34. The maximum Gasteiger partial charge on any atom is 0.409 e. The van der Waals surface area contributed by atoms with Crippen LogP contribution in [0.4, 0.5) is 4.79 Å². The van der Waals surface area contributed by atoms with Crippen LogP contribution in [0.15, 0.2) is 97.5 Å². The third-order valence-corrected chi connectivity index (χ3v) is 8.95. The van der Waals surface area contributed by atoms with Crippen molar-refractivity contribution in [2.24, 2.45) is 0 Å². The van der Waals surface area contributed by atoms with Gasteiger partial charge >= 0.3 is 6.09 Å². The van der Waals surface area contributed by atoms with Gasteiger partial charge in [0.15, 0.2) is 6.20 Å². The number of aromatic nitrogens is 5. The summed E-state index contributed by atoms with van der Waals surface area (Å²) in [5.74, 6) is 0.146. The zero-order chi connectivity index (χ0) is 31.9. The Morgan fingerprint density at radius 2 is 1.87 bits per heavy atom. The second-order valence-electron chi connectivity index (χ2n) is 11.7. The van der Waals surface area contributed by atoms with E-state index in [1.165, 1.54) is 11.9 Å². The lowest BCUT2D eigenvalue weighted by Gasteiger charge is -2.32. The van der Waals surface area contributed by atoms with Gasteiger partial charge in [0.1, 0.15) is 6.33 Å². The lowest BCUT2D eigenvalue weighted by atomic mass is 9.84. The molecule has 1 atom stereocenters. The predicted molar refractivity (Wildman–Crippen MR) is 177 cm³/mol. The molecule has 0 spiro atoms. The molecule has 0 N–H and O–H groups in total. The number of tetrazole rings is 1. The number of hydrogen-bond acceptors (Lipinski definition) is 6. The molecule has 9 nitrogen and oxygen atoms in total. The maximum absolute atomic E-state index is 13.9. The number of unbranched alkanes of at least 4 members (excludes halogenated alkanes) is 1. The van der Waals surface area contributed by atoms with Gasteiger partial charge in [-0.25, -0.2) is 4.79 Å². The number of carbonyl (C=O) groups is 1. The van der Waals surface area contributed by atoms with Crippen molar-refractivity contribution in [2.75, 3.05) is 19.7 Å². The molecule has 3 aromatic carbocycles. The third-order valence-electron chi connectivity index (χ3n) is 8.71. The number of benzene rings is 3. The molecule has 0 saturated carbocycles. The Kier molecular flexibility index (Phi) is 9.88. The second kappa shape index (κ2) is 14.6. The predicted octanol–water partition coefficient (Wildman–Crippen LogP) is 7.11. The van der Waals surface area contributed by atoms with Crippen LogP contribution in [0.5, 0.6) is 0 Å². The molecular weight excluding hydrogens is 600 g/mol. The summed E-state index contributed by atoms with van der Waals surface area (Å²) in [6.45, 7) is 3.90. The molecule has 1 saturated heterocycles. The third kappa shape index (κ3) is 7.21. The summed E-state index contributed by atoms with van der Waals surface area (Å²) >= 11 is 6.38. The molecule has 0 bridgehead atoms. The van der Waals surface area contributed by atoms with Gasteiger partial charge in [-0.3, -0.25) is 0 Å². The molecule has 10 heteroatoms. The molecule has 0 aliphatic carbocycles. The Morgan fingerprint density at radius 1 is 1.04 bits per heavy atom. The highest BCUT2D eigenvalue weighted by molar-refractivity contribution is 6.31. The van der Waals surface area contributed by atoms with Crippen molar-refractivity contribution < 1.29 is 14.3 Å². The average Bonchev–Trinajstić information content (AvgIpc) is 3.63. The molecule has 0 unspecified atom stereocenters. The van der Waals surface area contributed by atoms with Crippen LogP contribution < -0.4 is 4.73 Å². The number of rotatable bonds is 10. The zero-order valence-electron chi connectivity index (χ0n) is 25.8. The molecule has 46 heavy (non-hydrogen) atoms.